The number of nitrogens with zero attached hydrogens (tertiary/aromatic N) is 3. The zero-order valence-electron chi connectivity index (χ0n) is 17.1. The van der Waals surface area contributed by atoms with Crippen molar-refractivity contribution in [2.45, 2.75) is 33.6 Å². The summed E-state index contributed by atoms with van der Waals surface area (Å²) in [5, 5.41) is 4.76. The van der Waals surface area contributed by atoms with Crippen LogP contribution in [0.4, 0.5) is 0 Å². The zero-order valence-corrected chi connectivity index (χ0v) is 17.1. The Hall–Kier alpha value is -3.34. The Labute approximate surface area is 171 Å². The minimum Gasteiger partial charge on any atom is -0.493 e. The molecule has 148 valence electrons. The van der Waals surface area contributed by atoms with Crippen LogP contribution >= 0.6 is 0 Å². The quantitative estimate of drug-likeness (QED) is 0.448. The van der Waals surface area contributed by atoms with E-state index in [1.807, 2.05) is 48.9 Å². The van der Waals surface area contributed by atoms with Crippen molar-refractivity contribution in [3.8, 4) is 11.4 Å². The first-order valence-corrected chi connectivity index (χ1v) is 9.84. The van der Waals surface area contributed by atoms with Crippen LogP contribution in [-0.4, -0.2) is 21.4 Å². The van der Waals surface area contributed by atoms with Gasteiger partial charge in [-0.3, -0.25) is 0 Å². The number of aromatic nitrogens is 3. The van der Waals surface area contributed by atoms with Gasteiger partial charge in [0.1, 0.15) is 11.5 Å². The van der Waals surface area contributed by atoms with Crippen molar-refractivity contribution in [1.82, 2.24) is 14.8 Å². The van der Waals surface area contributed by atoms with E-state index < -0.39 is 0 Å². The smallest absolute Gasteiger partial charge is 0.191 e. The van der Waals surface area contributed by atoms with E-state index in [2.05, 4.69) is 42.4 Å². The summed E-state index contributed by atoms with van der Waals surface area (Å²) >= 11 is 0. The van der Waals surface area contributed by atoms with E-state index >= 15 is 0 Å². The molecule has 0 aliphatic carbocycles. The summed E-state index contributed by atoms with van der Waals surface area (Å²) in [5.41, 5.74) is 5.51. The van der Waals surface area contributed by atoms with E-state index in [-0.39, 0.29) is 0 Å². The fraction of sp³-hybridized carbons (Fsp3) is 0.250. The number of aryl methyl sites for hydroxylation is 3. The van der Waals surface area contributed by atoms with Crippen molar-refractivity contribution in [2.75, 3.05) is 6.61 Å². The minimum absolute atomic E-state index is 0.576. The van der Waals surface area contributed by atoms with Gasteiger partial charge in [0.2, 0.25) is 0 Å². The largest absolute Gasteiger partial charge is 0.493 e. The van der Waals surface area contributed by atoms with E-state index in [1.165, 1.54) is 11.1 Å². The summed E-state index contributed by atoms with van der Waals surface area (Å²) < 4.78 is 13.3. The number of rotatable bonds is 7. The number of para-hydroxylation sites is 1. The van der Waals surface area contributed by atoms with Gasteiger partial charge in [0.15, 0.2) is 5.89 Å². The maximum Gasteiger partial charge on any atom is 0.191 e. The molecule has 29 heavy (non-hydrogen) atoms. The molecule has 0 amide bonds. The van der Waals surface area contributed by atoms with Crippen molar-refractivity contribution in [2.24, 2.45) is 0 Å². The highest BCUT2D eigenvalue weighted by molar-refractivity contribution is 5.35. The highest BCUT2D eigenvalue weighted by Crippen LogP contribution is 2.18. The molecule has 0 bridgehead atoms. The number of benzene rings is 2. The molecule has 0 spiro atoms. The standard InChI is InChI=1S/C24H25N3O2/c1-17-16-27(21-7-5-4-6-8-21)26-24(17)15-20-9-11-22(12-10-20)28-14-13-23-18(2)29-19(3)25-23/h4-12,16H,13-15H2,1-3H3. The lowest BCUT2D eigenvalue weighted by atomic mass is 10.1. The molecule has 2 heterocycles. The van der Waals surface area contributed by atoms with Crippen molar-refractivity contribution in [1.29, 1.82) is 0 Å². The third-order valence-electron chi connectivity index (χ3n) is 4.92. The molecule has 0 N–H and O–H groups in total. The topological polar surface area (TPSA) is 53.1 Å². The van der Waals surface area contributed by atoms with Gasteiger partial charge in [-0.15, -0.1) is 0 Å². The first-order valence-electron chi connectivity index (χ1n) is 9.84. The Morgan fingerprint density at radius 3 is 2.38 bits per heavy atom. The van der Waals surface area contributed by atoms with Crippen LogP contribution in [-0.2, 0) is 12.8 Å². The van der Waals surface area contributed by atoms with Crippen LogP contribution in [0.5, 0.6) is 5.75 Å². The highest BCUT2D eigenvalue weighted by Gasteiger charge is 2.09. The molecular formula is C24H25N3O2. The second-order valence-electron chi connectivity index (χ2n) is 7.19. The van der Waals surface area contributed by atoms with Gasteiger partial charge in [-0.25, -0.2) is 9.67 Å². The first-order chi connectivity index (χ1) is 14.1. The fourth-order valence-corrected chi connectivity index (χ4v) is 3.35. The monoisotopic (exact) mass is 387 g/mol. The van der Waals surface area contributed by atoms with Crippen LogP contribution in [0.2, 0.25) is 0 Å². The predicted octanol–water partition coefficient (Wildman–Crippen LogP) is 5.00. The SMILES string of the molecule is Cc1nc(CCOc2ccc(Cc3nn(-c4ccccc4)cc3C)cc2)c(C)o1. The summed E-state index contributed by atoms with van der Waals surface area (Å²) in [6.07, 6.45) is 3.61. The average Bonchev–Trinajstić information content (AvgIpc) is 3.25. The summed E-state index contributed by atoms with van der Waals surface area (Å²) in [6, 6.07) is 18.4. The van der Waals surface area contributed by atoms with Crippen LogP contribution < -0.4 is 4.74 Å². The lowest BCUT2D eigenvalue weighted by molar-refractivity contribution is 0.320. The maximum absolute atomic E-state index is 5.86. The Kier molecular flexibility index (Phi) is 5.47. The van der Waals surface area contributed by atoms with Gasteiger partial charge in [0, 0.05) is 26.0 Å². The third kappa shape index (κ3) is 4.57. The molecule has 0 radical (unpaired) electrons. The molecule has 0 atom stereocenters. The molecule has 0 unspecified atom stereocenters. The van der Waals surface area contributed by atoms with Crippen molar-refractivity contribution in [3.05, 3.63) is 95.0 Å². The van der Waals surface area contributed by atoms with Gasteiger partial charge in [0.05, 0.1) is 23.7 Å². The Morgan fingerprint density at radius 1 is 0.931 bits per heavy atom. The van der Waals surface area contributed by atoms with Crippen LogP contribution in [0.1, 0.15) is 34.2 Å². The molecule has 2 aromatic carbocycles. The second kappa shape index (κ2) is 8.35. The Morgan fingerprint density at radius 2 is 1.69 bits per heavy atom. The number of hydrogen-bond donors (Lipinski definition) is 0. The maximum atomic E-state index is 5.86. The normalized spacial score (nSPS) is 11.0. The van der Waals surface area contributed by atoms with E-state index in [4.69, 9.17) is 14.3 Å². The molecule has 2 aromatic heterocycles. The lowest BCUT2D eigenvalue weighted by Crippen LogP contribution is -2.03. The van der Waals surface area contributed by atoms with Gasteiger partial charge >= 0.3 is 0 Å². The average molecular weight is 387 g/mol. The number of ether oxygens (including phenoxy) is 1. The summed E-state index contributed by atoms with van der Waals surface area (Å²) in [7, 11) is 0. The first kappa shape index (κ1) is 19.0. The Balaban J connectivity index is 1.36. The molecule has 0 aliphatic rings. The number of oxazole rings is 1. The van der Waals surface area contributed by atoms with Crippen LogP contribution in [0.25, 0.3) is 5.69 Å². The van der Waals surface area contributed by atoms with Gasteiger partial charge < -0.3 is 9.15 Å². The summed E-state index contributed by atoms with van der Waals surface area (Å²) in [4.78, 5) is 4.38. The van der Waals surface area contributed by atoms with Crippen LogP contribution in [0.3, 0.4) is 0 Å². The third-order valence-corrected chi connectivity index (χ3v) is 4.92. The van der Waals surface area contributed by atoms with Crippen LogP contribution in [0, 0.1) is 20.8 Å². The second-order valence-corrected chi connectivity index (χ2v) is 7.19. The highest BCUT2D eigenvalue weighted by atomic mass is 16.5. The van der Waals surface area contributed by atoms with Gasteiger partial charge in [-0.2, -0.15) is 5.10 Å². The Bertz CT molecular complexity index is 1080. The van der Waals surface area contributed by atoms with E-state index in [0.29, 0.717) is 12.5 Å². The van der Waals surface area contributed by atoms with Crippen molar-refractivity contribution in [3.63, 3.8) is 0 Å². The van der Waals surface area contributed by atoms with Crippen LogP contribution in [0.15, 0.2) is 65.2 Å². The van der Waals surface area contributed by atoms with Gasteiger partial charge in [0.25, 0.3) is 0 Å². The van der Waals surface area contributed by atoms with E-state index in [9.17, 15) is 0 Å². The molecule has 0 aliphatic heterocycles. The minimum atomic E-state index is 0.576. The predicted molar refractivity (Wildman–Crippen MR) is 113 cm³/mol. The molecule has 4 aromatic rings. The van der Waals surface area contributed by atoms with Gasteiger partial charge in [-0.1, -0.05) is 30.3 Å². The molecule has 0 saturated heterocycles. The summed E-state index contributed by atoms with van der Waals surface area (Å²) in [5.74, 6) is 2.43. The summed E-state index contributed by atoms with van der Waals surface area (Å²) in [6.45, 7) is 6.48. The molecule has 4 rings (SSSR count). The molecule has 0 saturated carbocycles. The van der Waals surface area contributed by atoms with Crippen molar-refractivity contribution < 1.29 is 9.15 Å². The zero-order chi connectivity index (χ0) is 20.2. The van der Waals surface area contributed by atoms with Crippen molar-refractivity contribution >= 4 is 0 Å². The lowest BCUT2D eigenvalue weighted by Gasteiger charge is -2.06. The molecular weight excluding hydrogens is 362 g/mol. The van der Waals surface area contributed by atoms with E-state index in [1.54, 1.807) is 0 Å². The van der Waals surface area contributed by atoms with Gasteiger partial charge in [-0.05, 0) is 49.2 Å². The molecule has 5 heteroatoms. The fourth-order valence-electron chi connectivity index (χ4n) is 3.35. The van der Waals surface area contributed by atoms with E-state index in [0.717, 1.165) is 41.4 Å². The number of hydrogen-bond acceptors (Lipinski definition) is 4. The molecule has 0 fully saturated rings. The molecule has 5 nitrogen and oxygen atoms in total.